The lowest BCUT2D eigenvalue weighted by Crippen LogP contribution is -2.53. The van der Waals surface area contributed by atoms with E-state index in [1.165, 1.54) is 0 Å². The van der Waals surface area contributed by atoms with E-state index in [1.807, 2.05) is 36.6 Å². The van der Waals surface area contributed by atoms with Gasteiger partial charge in [-0.1, -0.05) is 13.8 Å². The molecule has 166 valence electrons. The van der Waals surface area contributed by atoms with E-state index >= 15 is 0 Å². The molecule has 6 nitrogen and oxygen atoms in total. The molecule has 0 radical (unpaired) electrons. The molecule has 1 saturated heterocycles. The maximum absolute atomic E-state index is 14.2. The van der Waals surface area contributed by atoms with Gasteiger partial charge < -0.3 is 4.90 Å². The quantitative estimate of drug-likeness (QED) is 0.632. The summed E-state index contributed by atoms with van der Waals surface area (Å²) in [5.74, 6) is -2.48. The smallest absolute Gasteiger partial charge is 0.348 e. The maximum Gasteiger partial charge on any atom is 0.348 e. The van der Waals surface area contributed by atoms with Gasteiger partial charge in [0.15, 0.2) is 11.6 Å². The van der Waals surface area contributed by atoms with Crippen molar-refractivity contribution in [3.05, 3.63) is 64.0 Å². The van der Waals surface area contributed by atoms with E-state index in [0.717, 1.165) is 11.5 Å². The van der Waals surface area contributed by atoms with Crippen molar-refractivity contribution in [3.63, 3.8) is 0 Å². The van der Waals surface area contributed by atoms with Crippen LogP contribution in [-0.2, 0) is 0 Å². The highest BCUT2D eigenvalue weighted by molar-refractivity contribution is 5.86. The fourth-order valence-corrected chi connectivity index (χ4v) is 3.92. The highest BCUT2D eigenvalue weighted by atomic mass is 19.2. The zero-order chi connectivity index (χ0) is 22.7. The van der Waals surface area contributed by atoms with Gasteiger partial charge in [-0.05, 0) is 32.0 Å². The molecule has 2 unspecified atom stereocenters. The minimum atomic E-state index is -1.19. The number of pyridine rings is 1. The number of nitrogens with one attached hydrogen (secondary N) is 1. The van der Waals surface area contributed by atoms with Gasteiger partial charge in [-0.25, -0.2) is 22.9 Å². The number of hydrogen-bond acceptors (Lipinski definition) is 5. The third-order valence-electron chi connectivity index (χ3n) is 5.43. The number of nitrogens with zero attached hydrogens (tertiary/aromatic N) is 4. The average molecular weight is 433 g/mol. The molecule has 0 amide bonds. The molecule has 2 atom stereocenters. The lowest BCUT2D eigenvalue weighted by molar-refractivity contribution is 0.171. The largest absolute Gasteiger partial charge is 0.351 e. The number of fused-ring (bicyclic) bond motifs is 1. The van der Waals surface area contributed by atoms with Gasteiger partial charge in [0.25, 0.3) is 0 Å². The van der Waals surface area contributed by atoms with Crippen molar-refractivity contribution < 1.29 is 13.2 Å². The van der Waals surface area contributed by atoms with Gasteiger partial charge in [-0.2, -0.15) is 4.98 Å². The fraction of sp³-hybridized carbons (Fsp3) is 0.409. The first-order valence-corrected chi connectivity index (χ1v) is 10.4. The number of hydrogen-bond donors (Lipinski definition) is 1. The second-order valence-electron chi connectivity index (χ2n) is 7.27. The van der Waals surface area contributed by atoms with Gasteiger partial charge in [0.2, 0.25) is 0 Å². The van der Waals surface area contributed by atoms with Crippen LogP contribution in [-0.4, -0.2) is 45.5 Å². The standard InChI is InChI=1S/C20H20F3N5O.C2H6/c1-11-10-27(12(2)15-8-13(21)9-16(22)17(15)23)6-7-28(11)19-14-4-3-5-24-18(14)25-20(29)26-19;1-2/h3-5,8-9,11-12H,6-7,10H2,1-2H3,(H,24,25,26,29);1-2H3. The molecule has 3 aromatic rings. The molecule has 1 N–H and O–H groups in total. The molecule has 4 rings (SSSR count). The first-order valence-electron chi connectivity index (χ1n) is 10.4. The number of aromatic amines is 1. The number of piperazine rings is 1. The van der Waals surface area contributed by atoms with E-state index in [2.05, 4.69) is 15.0 Å². The monoisotopic (exact) mass is 433 g/mol. The molecule has 0 bridgehead atoms. The SMILES string of the molecule is CC.CC(c1cc(F)cc(F)c1F)N1CCN(c2nc(=O)[nH]c3ncccc23)C(C)C1. The Labute approximate surface area is 178 Å². The van der Waals surface area contributed by atoms with Gasteiger partial charge in [-0.3, -0.25) is 9.88 Å². The molecular weight excluding hydrogens is 407 g/mol. The summed E-state index contributed by atoms with van der Waals surface area (Å²) in [5, 5.41) is 0.735. The van der Waals surface area contributed by atoms with Crippen molar-refractivity contribution in [2.24, 2.45) is 0 Å². The molecule has 0 spiro atoms. The summed E-state index contributed by atoms with van der Waals surface area (Å²) in [7, 11) is 0. The second kappa shape index (κ2) is 9.47. The Kier molecular flexibility index (Phi) is 6.94. The van der Waals surface area contributed by atoms with E-state index in [9.17, 15) is 18.0 Å². The van der Waals surface area contributed by atoms with Gasteiger partial charge in [0.05, 0.1) is 5.39 Å². The lowest BCUT2D eigenvalue weighted by atomic mass is 10.0. The average Bonchev–Trinajstić information content (AvgIpc) is 2.76. The summed E-state index contributed by atoms with van der Waals surface area (Å²) >= 11 is 0. The first-order chi connectivity index (χ1) is 14.8. The predicted octanol–water partition coefficient (Wildman–Crippen LogP) is 4.03. The Bertz CT molecular complexity index is 1120. The van der Waals surface area contributed by atoms with Gasteiger partial charge in [-0.15, -0.1) is 0 Å². The van der Waals surface area contributed by atoms with Crippen LogP contribution in [0.3, 0.4) is 0 Å². The van der Waals surface area contributed by atoms with Crippen LogP contribution < -0.4 is 10.6 Å². The Morgan fingerprint density at radius 3 is 2.65 bits per heavy atom. The van der Waals surface area contributed by atoms with E-state index in [1.54, 1.807) is 19.2 Å². The van der Waals surface area contributed by atoms with Crippen molar-refractivity contribution >= 4 is 16.9 Å². The number of halogens is 3. The molecule has 1 fully saturated rings. The molecule has 3 heterocycles. The lowest BCUT2D eigenvalue weighted by Gasteiger charge is -2.43. The summed E-state index contributed by atoms with van der Waals surface area (Å²) in [6.07, 6.45) is 1.60. The predicted molar refractivity (Wildman–Crippen MR) is 115 cm³/mol. The van der Waals surface area contributed by atoms with E-state index in [0.29, 0.717) is 37.2 Å². The molecule has 1 aliphatic heterocycles. The number of aromatic nitrogens is 3. The Hall–Kier alpha value is -2.94. The van der Waals surface area contributed by atoms with Crippen LogP contribution in [0.1, 0.15) is 39.3 Å². The molecular formula is C22H26F3N5O. The topological polar surface area (TPSA) is 65.1 Å². The van der Waals surface area contributed by atoms with Crippen molar-refractivity contribution in [1.82, 2.24) is 19.9 Å². The molecule has 1 aromatic carbocycles. The van der Waals surface area contributed by atoms with Crippen molar-refractivity contribution in [2.75, 3.05) is 24.5 Å². The Morgan fingerprint density at radius 2 is 1.94 bits per heavy atom. The van der Waals surface area contributed by atoms with Crippen LogP contribution in [0.15, 0.2) is 35.3 Å². The van der Waals surface area contributed by atoms with Crippen molar-refractivity contribution in [2.45, 2.75) is 39.8 Å². The zero-order valence-electron chi connectivity index (χ0n) is 18.0. The minimum Gasteiger partial charge on any atom is -0.351 e. The van der Waals surface area contributed by atoms with E-state index < -0.39 is 29.2 Å². The van der Waals surface area contributed by atoms with Crippen molar-refractivity contribution in [3.8, 4) is 0 Å². The third-order valence-corrected chi connectivity index (χ3v) is 5.43. The molecule has 0 aliphatic carbocycles. The van der Waals surface area contributed by atoms with Crippen LogP contribution in [0.2, 0.25) is 0 Å². The first kappa shape index (κ1) is 22.7. The van der Waals surface area contributed by atoms with E-state index in [-0.39, 0.29) is 11.6 Å². The molecule has 31 heavy (non-hydrogen) atoms. The van der Waals surface area contributed by atoms with Crippen LogP contribution in [0.4, 0.5) is 19.0 Å². The number of H-pyrrole nitrogens is 1. The third kappa shape index (κ3) is 4.56. The summed E-state index contributed by atoms with van der Waals surface area (Å²) < 4.78 is 41.4. The number of rotatable bonds is 3. The normalized spacial score (nSPS) is 17.9. The van der Waals surface area contributed by atoms with Gasteiger partial charge in [0, 0.05) is 49.5 Å². The molecule has 1 aliphatic rings. The van der Waals surface area contributed by atoms with Crippen LogP contribution in [0.25, 0.3) is 11.0 Å². The number of anilines is 1. The second-order valence-corrected chi connectivity index (χ2v) is 7.27. The summed E-state index contributed by atoms with van der Waals surface area (Å²) in [4.78, 5) is 26.9. The highest BCUT2D eigenvalue weighted by Gasteiger charge is 2.31. The Morgan fingerprint density at radius 1 is 1.19 bits per heavy atom. The van der Waals surface area contributed by atoms with Gasteiger partial charge in [0.1, 0.15) is 17.3 Å². The van der Waals surface area contributed by atoms with Crippen LogP contribution >= 0.6 is 0 Å². The summed E-state index contributed by atoms with van der Waals surface area (Å²) in [6.45, 7) is 9.23. The molecule has 2 aromatic heterocycles. The van der Waals surface area contributed by atoms with Crippen LogP contribution in [0, 0.1) is 17.5 Å². The van der Waals surface area contributed by atoms with E-state index in [4.69, 9.17) is 0 Å². The minimum absolute atomic E-state index is 0.00733. The van der Waals surface area contributed by atoms with Gasteiger partial charge >= 0.3 is 5.69 Å². The number of benzene rings is 1. The molecule has 0 saturated carbocycles. The zero-order valence-corrected chi connectivity index (χ0v) is 18.0. The molecule has 9 heteroatoms. The maximum atomic E-state index is 14.2. The van der Waals surface area contributed by atoms with Crippen LogP contribution in [0.5, 0.6) is 0 Å². The highest BCUT2D eigenvalue weighted by Crippen LogP contribution is 2.30. The van der Waals surface area contributed by atoms with Crippen molar-refractivity contribution in [1.29, 1.82) is 0 Å². The summed E-state index contributed by atoms with van der Waals surface area (Å²) in [5.41, 5.74) is -0.0265. The Balaban J connectivity index is 0.00000132. The summed E-state index contributed by atoms with van der Waals surface area (Å²) in [6, 6.07) is 4.63. The fourth-order valence-electron chi connectivity index (χ4n) is 3.92.